The number of hydrogen-bond acceptors (Lipinski definition) is 9. The van der Waals surface area contributed by atoms with Crippen LogP contribution in [0.3, 0.4) is 0 Å². The number of thioether (sulfide) groups is 1. The minimum Gasteiger partial charge on any atom is -0.496 e. The molecule has 1 aromatic carbocycles. The van der Waals surface area contributed by atoms with Gasteiger partial charge in [0.15, 0.2) is 0 Å². The molecule has 1 atom stereocenters. The molecule has 3 N–H and O–H groups in total. The van der Waals surface area contributed by atoms with Crippen LogP contribution in [0.15, 0.2) is 46.1 Å². The maximum absolute atomic E-state index is 12.7. The number of carbonyl (C=O) groups excluding carboxylic acids is 1. The van der Waals surface area contributed by atoms with Crippen molar-refractivity contribution in [3.63, 3.8) is 0 Å². The van der Waals surface area contributed by atoms with E-state index in [1.54, 1.807) is 33.1 Å². The molecular formula is C21H23N5O4S. The number of carbonyl (C=O) groups is 1. The summed E-state index contributed by atoms with van der Waals surface area (Å²) < 4.78 is 16.2. The molecule has 162 valence electrons. The highest BCUT2D eigenvalue weighted by Gasteiger charge is 2.36. The molecule has 0 amide bonds. The Morgan fingerprint density at radius 1 is 1.42 bits per heavy atom. The number of hydrogen-bond donors (Lipinski definition) is 2. The second-order valence-corrected chi connectivity index (χ2v) is 7.62. The average molecular weight is 442 g/mol. The van der Waals surface area contributed by atoms with Crippen molar-refractivity contribution >= 4 is 17.7 Å². The Bertz CT molecular complexity index is 1100. The maximum atomic E-state index is 12.7. The summed E-state index contributed by atoms with van der Waals surface area (Å²) in [6.45, 7) is 5.38. The lowest BCUT2D eigenvalue weighted by Crippen LogP contribution is -2.25. The van der Waals surface area contributed by atoms with Crippen molar-refractivity contribution in [1.29, 1.82) is 5.26 Å². The lowest BCUT2D eigenvalue weighted by Gasteiger charge is -2.27. The number of methoxy groups -OCH3 is 1. The summed E-state index contributed by atoms with van der Waals surface area (Å²) in [6.07, 6.45) is 0. The summed E-state index contributed by atoms with van der Waals surface area (Å²) >= 11 is 1.44. The summed E-state index contributed by atoms with van der Waals surface area (Å²) in [5.41, 5.74) is 7.94. The number of aryl methyl sites for hydroxylation is 1. The second kappa shape index (κ2) is 9.57. The molecule has 0 saturated heterocycles. The van der Waals surface area contributed by atoms with Gasteiger partial charge in [-0.15, -0.1) is 5.10 Å². The fourth-order valence-corrected chi connectivity index (χ4v) is 4.13. The lowest BCUT2D eigenvalue weighted by molar-refractivity contribution is -0.139. The summed E-state index contributed by atoms with van der Waals surface area (Å²) in [6, 6.07) is 7.57. The van der Waals surface area contributed by atoms with Crippen LogP contribution in [0.4, 0.5) is 0 Å². The van der Waals surface area contributed by atoms with Crippen molar-refractivity contribution in [3.05, 3.63) is 57.9 Å². The Balaban J connectivity index is 2.03. The third kappa shape index (κ3) is 4.67. The lowest BCUT2D eigenvalue weighted by atomic mass is 9.82. The molecule has 0 saturated carbocycles. The van der Waals surface area contributed by atoms with Gasteiger partial charge in [0, 0.05) is 11.3 Å². The minimum atomic E-state index is -0.710. The molecule has 0 spiro atoms. The molecule has 2 heterocycles. The van der Waals surface area contributed by atoms with Gasteiger partial charge in [0.25, 0.3) is 0 Å². The number of H-pyrrole nitrogens is 1. The van der Waals surface area contributed by atoms with E-state index < -0.39 is 11.9 Å². The van der Waals surface area contributed by atoms with E-state index in [-0.39, 0.29) is 23.6 Å². The number of aromatic nitrogens is 3. The molecular weight excluding hydrogens is 418 g/mol. The largest absolute Gasteiger partial charge is 0.496 e. The van der Waals surface area contributed by atoms with Crippen LogP contribution in [0.1, 0.15) is 36.7 Å². The second-order valence-electron chi connectivity index (χ2n) is 6.68. The zero-order valence-corrected chi connectivity index (χ0v) is 18.5. The van der Waals surface area contributed by atoms with E-state index in [9.17, 15) is 10.1 Å². The third-order valence-corrected chi connectivity index (χ3v) is 5.57. The van der Waals surface area contributed by atoms with E-state index >= 15 is 0 Å². The van der Waals surface area contributed by atoms with Crippen molar-refractivity contribution in [2.24, 2.45) is 5.73 Å². The van der Waals surface area contributed by atoms with Crippen LogP contribution in [-0.2, 0) is 20.0 Å². The average Bonchev–Trinajstić information content (AvgIpc) is 3.16. The molecule has 31 heavy (non-hydrogen) atoms. The van der Waals surface area contributed by atoms with Crippen LogP contribution < -0.4 is 10.5 Å². The van der Waals surface area contributed by atoms with Gasteiger partial charge in [0.1, 0.15) is 29.0 Å². The van der Waals surface area contributed by atoms with Gasteiger partial charge < -0.3 is 19.9 Å². The van der Waals surface area contributed by atoms with Crippen LogP contribution in [0.2, 0.25) is 0 Å². The first-order chi connectivity index (χ1) is 14.9. The molecule has 1 unspecified atom stereocenters. The topological polar surface area (TPSA) is 136 Å². The van der Waals surface area contributed by atoms with Gasteiger partial charge >= 0.3 is 5.97 Å². The van der Waals surface area contributed by atoms with E-state index in [1.807, 2.05) is 13.0 Å². The van der Waals surface area contributed by atoms with Gasteiger partial charge in [-0.2, -0.15) is 5.26 Å². The highest BCUT2D eigenvalue weighted by Crippen LogP contribution is 2.41. The quantitative estimate of drug-likeness (QED) is 0.490. The number of allylic oxidation sites excluding steroid dienone is 2. The smallest absolute Gasteiger partial charge is 0.338 e. The molecule has 3 rings (SSSR count). The Hall–Kier alpha value is -3.45. The number of nitrogens with zero attached hydrogens (tertiary/aromatic N) is 3. The molecule has 9 nitrogen and oxygen atoms in total. The van der Waals surface area contributed by atoms with Crippen molar-refractivity contribution in [2.75, 3.05) is 13.7 Å². The predicted molar refractivity (Wildman–Crippen MR) is 114 cm³/mol. The van der Waals surface area contributed by atoms with E-state index in [0.717, 1.165) is 11.4 Å². The summed E-state index contributed by atoms with van der Waals surface area (Å²) in [4.78, 5) is 17.0. The van der Waals surface area contributed by atoms with Gasteiger partial charge in [-0.1, -0.05) is 23.9 Å². The van der Waals surface area contributed by atoms with Gasteiger partial charge in [0.05, 0.1) is 25.2 Å². The molecule has 0 aliphatic carbocycles. The SMILES string of the molecule is CCOC(=O)C1=C(C)OC(N)=C(C#N)C1c1ccc(OC)c(CSc2n[nH]c(C)n2)c1. The zero-order valence-electron chi connectivity index (χ0n) is 17.7. The highest BCUT2D eigenvalue weighted by atomic mass is 32.2. The third-order valence-electron chi connectivity index (χ3n) is 4.67. The summed E-state index contributed by atoms with van der Waals surface area (Å²) in [5, 5.41) is 17.3. The first-order valence-electron chi connectivity index (χ1n) is 9.53. The number of esters is 1. The van der Waals surface area contributed by atoms with Crippen molar-refractivity contribution in [1.82, 2.24) is 15.2 Å². The van der Waals surface area contributed by atoms with Crippen LogP contribution in [0.25, 0.3) is 0 Å². The zero-order chi connectivity index (χ0) is 22.5. The van der Waals surface area contributed by atoms with Crippen LogP contribution >= 0.6 is 11.8 Å². The molecule has 0 fully saturated rings. The van der Waals surface area contributed by atoms with Crippen molar-refractivity contribution in [2.45, 2.75) is 37.6 Å². The van der Waals surface area contributed by atoms with Gasteiger partial charge in [-0.05, 0) is 32.4 Å². The minimum absolute atomic E-state index is 0.0269. The van der Waals surface area contributed by atoms with Crippen LogP contribution in [0.5, 0.6) is 5.75 Å². The van der Waals surface area contributed by atoms with Gasteiger partial charge in [0.2, 0.25) is 11.0 Å². The van der Waals surface area contributed by atoms with E-state index in [0.29, 0.717) is 28.0 Å². The normalized spacial score (nSPS) is 16.0. The molecule has 1 aliphatic heterocycles. The fourth-order valence-electron chi connectivity index (χ4n) is 3.31. The molecule has 0 bridgehead atoms. The molecule has 10 heteroatoms. The van der Waals surface area contributed by atoms with Gasteiger partial charge in [-0.25, -0.2) is 9.78 Å². The Labute approximate surface area is 184 Å². The van der Waals surface area contributed by atoms with E-state index in [1.165, 1.54) is 11.8 Å². The van der Waals surface area contributed by atoms with Crippen LogP contribution in [0, 0.1) is 18.3 Å². The van der Waals surface area contributed by atoms with E-state index in [4.69, 9.17) is 19.9 Å². The highest BCUT2D eigenvalue weighted by molar-refractivity contribution is 7.98. The Kier molecular flexibility index (Phi) is 6.87. The standard InChI is InChI=1S/C21H23N5O4S/c1-5-29-20(27)17-11(2)30-19(23)15(9-22)18(17)13-6-7-16(28-4)14(8-13)10-31-21-24-12(3)25-26-21/h6-8,18H,5,10,23H2,1-4H3,(H,24,25,26). The predicted octanol–water partition coefficient (Wildman–Crippen LogP) is 3.06. The monoisotopic (exact) mass is 441 g/mol. The van der Waals surface area contributed by atoms with Crippen LogP contribution in [-0.4, -0.2) is 34.9 Å². The number of nitriles is 1. The number of nitrogens with one attached hydrogen (secondary N) is 1. The summed E-state index contributed by atoms with van der Waals surface area (Å²) in [5.74, 6) is 0.944. The van der Waals surface area contributed by atoms with E-state index in [2.05, 4.69) is 21.3 Å². The number of ether oxygens (including phenoxy) is 3. The number of benzene rings is 1. The fraction of sp³-hybridized carbons (Fsp3) is 0.333. The summed E-state index contributed by atoms with van der Waals surface area (Å²) in [7, 11) is 1.58. The maximum Gasteiger partial charge on any atom is 0.338 e. The number of rotatable bonds is 7. The molecule has 2 aromatic rings. The van der Waals surface area contributed by atoms with Crippen molar-refractivity contribution < 1.29 is 19.0 Å². The molecule has 1 aromatic heterocycles. The Morgan fingerprint density at radius 2 is 2.19 bits per heavy atom. The van der Waals surface area contributed by atoms with Gasteiger partial charge in [-0.3, -0.25) is 5.10 Å². The number of aromatic amines is 1. The Morgan fingerprint density at radius 3 is 2.81 bits per heavy atom. The first kappa shape index (κ1) is 22.2. The molecule has 1 aliphatic rings. The first-order valence-corrected chi connectivity index (χ1v) is 10.5. The number of nitrogens with two attached hydrogens (primary N) is 1. The van der Waals surface area contributed by atoms with Crippen molar-refractivity contribution in [3.8, 4) is 11.8 Å². The molecule has 0 radical (unpaired) electrons.